The summed E-state index contributed by atoms with van der Waals surface area (Å²) < 4.78 is 0. The van der Waals surface area contributed by atoms with Crippen molar-refractivity contribution < 1.29 is 0 Å². The van der Waals surface area contributed by atoms with Crippen molar-refractivity contribution >= 4 is 22.4 Å². The van der Waals surface area contributed by atoms with Crippen molar-refractivity contribution in [2.24, 2.45) is 0 Å². The summed E-state index contributed by atoms with van der Waals surface area (Å²) in [6, 6.07) is 8.39. The first kappa shape index (κ1) is 15.8. The van der Waals surface area contributed by atoms with Gasteiger partial charge in [0.2, 0.25) is 0 Å². The van der Waals surface area contributed by atoms with E-state index in [9.17, 15) is 0 Å². The van der Waals surface area contributed by atoms with E-state index in [0.29, 0.717) is 0 Å². The molecule has 5 nitrogen and oxygen atoms in total. The normalized spacial score (nSPS) is 15.4. The number of nitrogens with one attached hydrogen (secondary N) is 1. The fraction of sp³-hybridized carbons (Fsp3) is 0.300. The topological polar surface area (TPSA) is 48.0 Å². The van der Waals surface area contributed by atoms with E-state index in [1.165, 1.54) is 22.1 Å². The van der Waals surface area contributed by atoms with Gasteiger partial charge >= 0.3 is 0 Å². The molecule has 0 saturated heterocycles. The van der Waals surface area contributed by atoms with E-state index in [1.54, 1.807) is 0 Å². The third kappa shape index (κ3) is 3.28. The monoisotopic (exact) mass is 333 g/mol. The van der Waals surface area contributed by atoms with Crippen LogP contribution in [0.1, 0.15) is 17.5 Å². The summed E-state index contributed by atoms with van der Waals surface area (Å²) in [6.07, 6.45) is 9.31. The standard InChI is InChI=1S/C20H23N5/c1-24(2)19-6-5-15(12-22-19)14-25-10-7-16(8-11-25)18-13-23-20-17(18)4-3-9-21-20/h3-7,9,12-13H,8,10-11,14H2,1-2H3,(H,21,23). The van der Waals surface area contributed by atoms with E-state index < -0.39 is 0 Å². The van der Waals surface area contributed by atoms with Crippen molar-refractivity contribution in [3.05, 3.63) is 60.1 Å². The first-order valence-electron chi connectivity index (χ1n) is 8.67. The number of fused-ring (bicyclic) bond motifs is 1. The van der Waals surface area contributed by atoms with Crippen LogP contribution in [0.2, 0.25) is 0 Å². The van der Waals surface area contributed by atoms with Gasteiger partial charge in [0, 0.05) is 63.3 Å². The number of nitrogens with zero attached hydrogens (tertiary/aromatic N) is 4. The van der Waals surface area contributed by atoms with E-state index in [0.717, 1.165) is 37.5 Å². The number of aromatic amines is 1. The molecule has 3 aromatic heterocycles. The van der Waals surface area contributed by atoms with Crippen molar-refractivity contribution in [1.29, 1.82) is 0 Å². The number of H-pyrrole nitrogens is 1. The predicted molar refractivity (Wildman–Crippen MR) is 103 cm³/mol. The van der Waals surface area contributed by atoms with E-state index in [-0.39, 0.29) is 0 Å². The zero-order valence-electron chi connectivity index (χ0n) is 14.7. The van der Waals surface area contributed by atoms with Gasteiger partial charge in [0.15, 0.2) is 0 Å². The molecule has 0 bridgehead atoms. The maximum atomic E-state index is 4.51. The molecule has 0 fully saturated rings. The lowest BCUT2D eigenvalue weighted by atomic mass is 9.99. The van der Waals surface area contributed by atoms with Crippen LogP contribution in [0.3, 0.4) is 0 Å². The van der Waals surface area contributed by atoms with Crippen LogP contribution in [0, 0.1) is 0 Å². The molecule has 5 heteroatoms. The number of hydrogen-bond donors (Lipinski definition) is 1. The predicted octanol–water partition coefficient (Wildman–Crippen LogP) is 3.31. The Morgan fingerprint density at radius 2 is 2.12 bits per heavy atom. The Balaban J connectivity index is 1.45. The van der Waals surface area contributed by atoms with Gasteiger partial charge in [-0.2, -0.15) is 0 Å². The Labute approximate surface area is 148 Å². The molecule has 0 unspecified atom stereocenters. The minimum absolute atomic E-state index is 0.944. The molecule has 25 heavy (non-hydrogen) atoms. The van der Waals surface area contributed by atoms with Gasteiger partial charge in [0.25, 0.3) is 0 Å². The maximum Gasteiger partial charge on any atom is 0.137 e. The summed E-state index contributed by atoms with van der Waals surface area (Å²) in [7, 11) is 4.03. The number of anilines is 1. The van der Waals surface area contributed by atoms with Crippen LogP contribution < -0.4 is 4.90 Å². The molecule has 1 aliphatic rings. The van der Waals surface area contributed by atoms with Gasteiger partial charge in [0.1, 0.15) is 11.5 Å². The van der Waals surface area contributed by atoms with Crippen LogP contribution in [-0.2, 0) is 6.54 Å². The van der Waals surface area contributed by atoms with Crippen LogP contribution in [0.25, 0.3) is 16.6 Å². The van der Waals surface area contributed by atoms with Crippen molar-refractivity contribution in [2.75, 3.05) is 32.1 Å². The van der Waals surface area contributed by atoms with E-state index in [4.69, 9.17) is 0 Å². The highest BCUT2D eigenvalue weighted by Gasteiger charge is 2.16. The number of hydrogen-bond acceptors (Lipinski definition) is 4. The SMILES string of the molecule is CN(C)c1ccc(CN2CC=C(c3c[nH]c4ncccc34)CC2)cn1. The van der Waals surface area contributed by atoms with Crippen LogP contribution in [0.5, 0.6) is 0 Å². The molecule has 4 rings (SSSR count). The summed E-state index contributed by atoms with van der Waals surface area (Å²) >= 11 is 0. The van der Waals surface area contributed by atoms with Crippen molar-refractivity contribution in [3.8, 4) is 0 Å². The van der Waals surface area contributed by atoms with Gasteiger partial charge in [-0.3, -0.25) is 4.90 Å². The first-order valence-corrected chi connectivity index (χ1v) is 8.67. The lowest BCUT2D eigenvalue weighted by Crippen LogP contribution is -2.28. The van der Waals surface area contributed by atoms with E-state index in [2.05, 4.69) is 50.3 Å². The lowest BCUT2D eigenvalue weighted by molar-refractivity contribution is 0.293. The molecule has 0 radical (unpaired) electrons. The third-order valence-electron chi connectivity index (χ3n) is 4.76. The zero-order chi connectivity index (χ0) is 17.2. The average Bonchev–Trinajstić information content (AvgIpc) is 3.07. The molecule has 3 aromatic rings. The van der Waals surface area contributed by atoms with Crippen molar-refractivity contribution in [3.63, 3.8) is 0 Å². The van der Waals surface area contributed by atoms with Gasteiger partial charge < -0.3 is 9.88 Å². The Hall–Kier alpha value is -2.66. The fourth-order valence-electron chi connectivity index (χ4n) is 3.35. The largest absolute Gasteiger partial charge is 0.363 e. The molecule has 0 aliphatic carbocycles. The summed E-state index contributed by atoms with van der Waals surface area (Å²) in [5.74, 6) is 0.998. The quantitative estimate of drug-likeness (QED) is 0.796. The first-order chi connectivity index (χ1) is 12.2. The fourth-order valence-corrected chi connectivity index (χ4v) is 3.35. The van der Waals surface area contributed by atoms with Crippen LogP contribution >= 0.6 is 0 Å². The molecule has 128 valence electrons. The average molecular weight is 333 g/mol. The molecule has 0 aromatic carbocycles. The minimum Gasteiger partial charge on any atom is -0.363 e. The number of rotatable bonds is 4. The molecule has 1 aliphatic heterocycles. The minimum atomic E-state index is 0.944. The molecule has 0 atom stereocenters. The smallest absolute Gasteiger partial charge is 0.137 e. The highest BCUT2D eigenvalue weighted by atomic mass is 15.1. The molecule has 0 amide bonds. The second-order valence-electron chi connectivity index (χ2n) is 6.74. The second kappa shape index (κ2) is 6.69. The van der Waals surface area contributed by atoms with E-state index >= 15 is 0 Å². The number of aromatic nitrogens is 3. The van der Waals surface area contributed by atoms with Gasteiger partial charge in [0.05, 0.1) is 0 Å². The molecule has 1 N–H and O–H groups in total. The molecular formula is C20H23N5. The second-order valence-corrected chi connectivity index (χ2v) is 6.74. The van der Waals surface area contributed by atoms with Crippen molar-refractivity contribution in [2.45, 2.75) is 13.0 Å². The van der Waals surface area contributed by atoms with Crippen LogP contribution in [-0.4, -0.2) is 47.0 Å². The van der Waals surface area contributed by atoms with Crippen LogP contribution in [0.15, 0.2) is 48.9 Å². The Morgan fingerprint density at radius 1 is 1.20 bits per heavy atom. The van der Waals surface area contributed by atoms with E-state index in [1.807, 2.05) is 37.5 Å². The summed E-state index contributed by atoms with van der Waals surface area (Å²) in [6.45, 7) is 2.98. The van der Waals surface area contributed by atoms with Crippen molar-refractivity contribution in [1.82, 2.24) is 19.9 Å². The molecular weight excluding hydrogens is 310 g/mol. The van der Waals surface area contributed by atoms with Gasteiger partial charge in [-0.1, -0.05) is 12.1 Å². The maximum absolute atomic E-state index is 4.51. The van der Waals surface area contributed by atoms with Crippen LogP contribution in [0.4, 0.5) is 5.82 Å². The molecule has 0 saturated carbocycles. The Morgan fingerprint density at radius 3 is 2.84 bits per heavy atom. The molecule has 4 heterocycles. The van der Waals surface area contributed by atoms with Gasteiger partial charge in [-0.05, 0) is 35.8 Å². The summed E-state index contributed by atoms with van der Waals surface area (Å²) in [4.78, 5) is 16.6. The Bertz CT molecular complexity index is 892. The molecule has 0 spiro atoms. The summed E-state index contributed by atoms with van der Waals surface area (Å²) in [5, 5.41) is 1.21. The summed E-state index contributed by atoms with van der Waals surface area (Å²) in [5.41, 5.74) is 4.93. The van der Waals surface area contributed by atoms with Gasteiger partial charge in [-0.25, -0.2) is 9.97 Å². The van der Waals surface area contributed by atoms with Gasteiger partial charge in [-0.15, -0.1) is 0 Å². The Kier molecular flexibility index (Phi) is 4.24. The highest BCUT2D eigenvalue weighted by Crippen LogP contribution is 2.28. The number of pyridine rings is 2. The lowest BCUT2D eigenvalue weighted by Gasteiger charge is -2.26. The third-order valence-corrected chi connectivity index (χ3v) is 4.76. The zero-order valence-corrected chi connectivity index (χ0v) is 14.7. The highest BCUT2D eigenvalue weighted by molar-refractivity contribution is 5.90.